The molecule has 0 bridgehead atoms. The average Bonchev–Trinajstić information content (AvgIpc) is 3.33. The number of nitrogens with zero attached hydrogens (tertiary/aromatic N) is 3. The Morgan fingerprint density at radius 1 is 1.03 bits per heavy atom. The Hall–Kier alpha value is -2.38. The van der Waals surface area contributed by atoms with E-state index in [2.05, 4.69) is 62.0 Å². The van der Waals surface area contributed by atoms with Gasteiger partial charge in [0.15, 0.2) is 5.76 Å². The monoisotopic (exact) mass is 479 g/mol. The maximum Gasteiger partial charge on any atom is 0.220 e. The van der Waals surface area contributed by atoms with E-state index in [1.54, 1.807) is 0 Å². The number of amides is 1. The van der Waals surface area contributed by atoms with E-state index in [0.717, 1.165) is 83.0 Å². The van der Waals surface area contributed by atoms with Crippen molar-refractivity contribution in [2.75, 3.05) is 44.2 Å². The Kier molecular flexibility index (Phi) is 8.37. The van der Waals surface area contributed by atoms with Gasteiger partial charge < -0.3 is 20.1 Å². The molecule has 1 saturated carbocycles. The molecule has 7 nitrogen and oxygen atoms in total. The lowest BCUT2D eigenvalue weighted by Gasteiger charge is -2.35. The first-order valence-electron chi connectivity index (χ1n) is 13.7. The molecule has 1 aromatic heterocycles. The molecule has 2 unspecified atom stereocenters. The van der Waals surface area contributed by atoms with Crippen molar-refractivity contribution >= 4 is 11.6 Å². The molecule has 2 atom stereocenters. The van der Waals surface area contributed by atoms with Crippen molar-refractivity contribution in [3.63, 3.8) is 0 Å². The number of carbonyl (C=O) groups excluding carboxylic acids is 1. The Labute approximate surface area is 209 Å². The van der Waals surface area contributed by atoms with Crippen LogP contribution in [0, 0.1) is 11.8 Å². The molecule has 0 radical (unpaired) electrons. The number of benzene rings is 1. The molecule has 2 aliphatic heterocycles. The topological polar surface area (TPSA) is 73.6 Å². The summed E-state index contributed by atoms with van der Waals surface area (Å²) in [6.07, 6.45) is 8.66. The quantitative estimate of drug-likeness (QED) is 0.603. The second kappa shape index (κ2) is 12.0. The molecule has 7 heteroatoms. The number of rotatable bonds is 8. The SMILES string of the molecule is O=C(CC1CCNCC1Cc1cc(CN2CCN(c3ccccc3)CC2)on1)NC1CCCCC1. The number of anilines is 1. The van der Waals surface area contributed by atoms with Gasteiger partial charge in [0.2, 0.25) is 5.91 Å². The molecule has 2 saturated heterocycles. The van der Waals surface area contributed by atoms with E-state index in [1.165, 1.54) is 24.9 Å². The standard InChI is InChI=1S/C28H41N5O2/c34-28(30-24-7-3-1-4-8-24)18-22-11-12-29-20-23(22)17-25-19-27(35-31-25)21-32-13-15-33(16-14-32)26-9-5-2-6-10-26/h2,5-6,9-10,19,22-24,29H,1,3-4,7-8,11-18,20-21H2,(H,30,34). The normalized spacial score (nSPS) is 24.4. The van der Waals surface area contributed by atoms with Crippen molar-refractivity contribution in [3.8, 4) is 0 Å². The van der Waals surface area contributed by atoms with Crippen LogP contribution in [-0.4, -0.2) is 61.3 Å². The minimum atomic E-state index is 0.240. The number of para-hydroxylation sites is 1. The smallest absolute Gasteiger partial charge is 0.220 e. The van der Waals surface area contributed by atoms with E-state index in [9.17, 15) is 4.79 Å². The van der Waals surface area contributed by atoms with Crippen LogP contribution in [0.5, 0.6) is 0 Å². The van der Waals surface area contributed by atoms with Gasteiger partial charge in [-0.05, 0) is 62.7 Å². The van der Waals surface area contributed by atoms with Crippen LogP contribution in [0.15, 0.2) is 40.9 Å². The molecule has 3 aliphatic rings. The predicted octanol–water partition coefficient (Wildman–Crippen LogP) is 3.60. The molecule has 1 aromatic carbocycles. The summed E-state index contributed by atoms with van der Waals surface area (Å²) in [7, 11) is 0. The summed E-state index contributed by atoms with van der Waals surface area (Å²) in [6.45, 7) is 6.87. The molecule has 1 aliphatic carbocycles. The average molecular weight is 480 g/mol. The van der Waals surface area contributed by atoms with Gasteiger partial charge in [-0.15, -0.1) is 0 Å². The number of piperidine rings is 1. The van der Waals surface area contributed by atoms with Crippen LogP contribution in [0.4, 0.5) is 5.69 Å². The van der Waals surface area contributed by atoms with Crippen LogP contribution in [-0.2, 0) is 17.8 Å². The van der Waals surface area contributed by atoms with Crippen LogP contribution >= 0.6 is 0 Å². The summed E-state index contributed by atoms with van der Waals surface area (Å²) in [5.41, 5.74) is 2.33. The first-order valence-corrected chi connectivity index (χ1v) is 13.7. The zero-order valence-electron chi connectivity index (χ0n) is 21.0. The lowest BCUT2D eigenvalue weighted by atomic mass is 9.81. The van der Waals surface area contributed by atoms with Gasteiger partial charge >= 0.3 is 0 Å². The van der Waals surface area contributed by atoms with E-state index >= 15 is 0 Å². The molecule has 3 fully saturated rings. The summed E-state index contributed by atoms with van der Waals surface area (Å²) in [4.78, 5) is 17.6. The van der Waals surface area contributed by atoms with Crippen LogP contribution in [0.25, 0.3) is 0 Å². The second-order valence-electron chi connectivity index (χ2n) is 10.7. The van der Waals surface area contributed by atoms with Gasteiger partial charge in [-0.2, -0.15) is 0 Å². The molecule has 5 rings (SSSR count). The Morgan fingerprint density at radius 2 is 1.83 bits per heavy atom. The Morgan fingerprint density at radius 3 is 2.63 bits per heavy atom. The summed E-state index contributed by atoms with van der Waals surface area (Å²) in [5, 5.41) is 11.2. The van der Waals surface area contributed by atoms with Crippen molar-refractivity contribution < 1.29 is 9.32 Å². The van der Waals surface area contributed by atoms with Crippen LogP contribution in [0.3, 0.4) is 0 Å². The third-order valence-electron chi connectivity index (χ3n) is 8.14. The maximum absolute atomic E-state index is 12.7. The third kappa shape index (κ3) is 6.85. The van der Waals surface area contributed by atoms with E-state index in [0.29, 0.717) is 24.3 Å². The molecule has 0 spiro atoms. The van der Waals surface area contributed by atoms with Crippen molar-refractivity contribution in [3.05, 3.63) is 47.9 Å². The van der Waals surface area contributed by atoms with E-state index < -0.39 is 0 Å². The van der Waals surface area contributed by atoms with Crippen molar-refractivity contribution in [1.82, 2.24) is 20.7 Å². The number of hydrogen-bond acceptors (Lipinski definition) is 6. The third-order valence-corrected chi connectivity index (χ3v) is 8.14. The molecule has 2 N–H and O–H groups in total. The van der Waals surface area contributed by atoms with Crippen LogP contribution < -0.4 is 15.5 Å². The lowest BCUT2D eigenvalue weighted by molar-refractivity contribution is -0.123. The highest BCUT2D eigenvalue weighted by atomic mass is 16.5. The fraction of sp³-hybridized carbons (Fsp3) is 0.643. The minimum absolute atomic E-state index is 0.240. The van der Waals surface area contributed by atoms with Crippen LogP contribution in [0.2, 0.25) is 0 Å². The lowest BCUT2D eigenvalue weighted by Crippen LogP contribution is -2.45. The molecular formula is C28H41N5O2. The van der Waals surface area contributed by atoms with Gasteiger partial charge in [-0.3, -0.25) is 9.69 Å². The molecule has 1 amide bonds. The summed E-state index contributed by atoms with van der Waals surface area (Å²) in [6, 6.07) is 13.2. The van der Waals surface area contributed by atoms with Gasteiger partial charge in [-0.1, -0.05) is 42.6 Å². The largest absolute Gasteiger partial charge is 0.369 e. The van der Waals surface area contributed by atoms with Gasteiger partial charge in [0, 0.05) is 50.4 Å². The number of carbonyl (C=O) groups is 1. The van der Waals surface area contributed by atoms with Gasteiger partial charge in [-0.25, -0.2) is 0 Å². The minimum Gasteiger partial charge on any atom is -0.369 e. The second-order valence-corrected chi connectivity index (χ2v) is 10.7. The number of aromatic nitrogens is 1. The van der Waals surface area contributed by atoms with Gasteiger partial charge in [0.05, 0.1) is 12.2 Å². The van der Waals surface area contributed by atoms with Gasteiger partial charge in [0.25, 0.3) is 0 Å². The maximum atomic E-state index is 12.7. The molecule has 190 valence electrons. The molecule has 35 heavy (non-hydrogen) atoms. The predicted molar refractivity (Wildman–Crippen MR) is 138 cm³/mol. The van der Waals surface area contributed by atoms with Gasteiger partial charge in [0.1, 0.15) is 0 Å². The van der Waals surface area contributed by atoms with Crippen molar-refractivity contribution in [2.24, 2.45) is 11.8 Å². The zero-order chi connectivity index (χ0) is 23.9. The Bertz CT molecular complexity index is 918. The Balaban J connectivity index is 1.09. The summed E-state index contributed by atoms with van der Waals surface area (Å²) in [5.74, 6) is 2.02. The first kappa shape index (κ1) is 24.3. The number of nitrogens with one attached hydrogen (secondary N) is 2. The zero-order valence-corrected chi connectivity index (χ0v) is 21.0. The van der Waals surface area contributed by atoms with E-state index in [4.69, 9.17) is 4.52 Å². The molecule has 3 heterocycles. The first-order chi connectivity index (χ1) is 17.2. The summed E-state index contributed by atoms with van der Waals surface area (Å²) < 4.78 is 5.73. The fourth-order valence-electron chi connectivity index (χ4n) is 6.08. The molecular weight excluding hydrogens is 438 g/mol. The number of hydrogen-bond donors (Lipinski definition) is 2. The highest BCUT2D eigenvalue weighted by Crippen LogP contribution is 2.27. The highest BCUT2D eigenvalue weighted by Gasteiger charge is 2.29. The van der Waals surface area contributed by atoms with E-state index in [1.807, 2.05) is 0 Å². The fourth-order valence-corrected chi connectivity index (χ4v) is 6.08. The number of piperazine rings is 1. The highest BCUT2D eigenvalue weighted by molar-refractivity contribution is 5.76. The van der Waals surface area contributed by atoms with E-state index in [-0.39, 0.29) is 5.91 Å². The van der Waals surface area contributed by atoms with Crippen molar-refractivity contribution in [1.29, 1.82) is 0 Å². The summed E-state index contributed by atoms with van der Waals surface area (Å²) >= 11 is 0. The van der Waals surface area contributed by atoms with Crippen LogP contribution in [0.1, 0.15) is 56.4 Å². The molecule has 2 aromatic rings. The van der Waals surface area contributed by atoms with Crippen molar-refractivity contribution in [2.45, 2.75) is 64.0 Å².